The van der Waals surface area contributed by atoms with E-state index in [9.17, 15) is 14.7 Å². The fourth-order valence-corrected chi connectivity index (χ4v) is 4.22. The molecule has 1 saturated carbocycles. The van der Waals surface area contributed by atoms with Crippen molar-refractivity contribution in [1.82, 2.24) is 10.2 Å². The molecule has 3 amide bonds. The van der Waals surface area contributed by atoms with Crippen molar-refractivity contribution in [2.24, 2.45) is 17.8 Å². The summed E-state index contributed by atoms with van der Waals surface area (Å²) in [5.74, 6) is 2.27. The lowest BCUT2D eigenvalue weighted by Gasteiger charge is -2.19. The van der Waals surface area contributed by atoms with Gasteiger partial charge in [-0.1, -0.05) is 24.3 Å². The van der Waals surface area contributed by atoms with Crippen LogP contribution in [0, 0.1) is 17.8 Å². The summed E-state index contributed by atoms with van der Waals surface area (Å²) >= 11 is 0. The van der Waals surface area contributed by atoms with Gasteiger partial charge < -0.3 is 25.4 Å². The predicted molar refractivity (Wildman–Crippen MR) is 113 cm³/mol. The summed E-state index contributed by atoms with van der Waals surface area (Å²) in [7, 11) is 1.61. The van der Waals surface area contributed by atoms with Crippen LogP contribution >= 0.6 is 0 Å². The minimum absolute atomic E-state index is 0.122. The number of rotatable bonds is 7. The van der Waals surface area contributed by atoms with Crippen LogP contribution in [0.1, 0.15) is 11.1 Å². The first-order chi connectivity index (χ1) is 14.6. The van der Waals surface area contributed by atoms with Crippen LogP contribution in [0.5, 0.6) is 5.75 Å². The highest BCUT2D eigenvalue weighted by molar-refractivity contribution is 5.89. The number of hydrogen-bond acceptors (Lipinski definition) is 4. The lowest BCUT2D eigenvalue weighted by Crippen LogP contribution is -2.33. The van der Waals surface area contributed by atoms with Gasteiger partial charge in [0.25, 0.3) is 0 Å². The number of anilines is 1. The Balaban J connectivity index is 1.21. The Kier molecular flexibility index (Phi) is 5.90. The molecule has 4 rings (SSSR count). The van der Waals surface area contributed by atoms with E-state index >= 15 is 0 Å². The van der Waals surface area contributed by atoms with Crippen molar-refractivity contribution in [2.75, 3.05) is 32.1 Å². The number of carbonyl (C=O) groups excluding carboxylic acids is 2. The summed E-state index contributed by atoms with van der Waals surface area (Å²) in [4.78, 5) is 26.5. The Bertz CT molecular complexity index is 886. The van der Waals surface area contributed by atoms with Crippen molar-refractivity contribution in [3.63, 3.8) is 0 Å². The first kappa shape index (κ1) is 20.2. The molecule has 7 nitrogen and oxygen atoms in total. The number of hydrogen-bond donors (Lipinski definition) is 3. The largest absolute Gasteiger partial charge is 0.497 e. The van der Waals surface area contributed by atoms with Gasteiger partial charge >= 0.3 is 6.03 Å². The molecule has 3 N–H and O–H groups in total. The van der Waals surface area contributed by atoms with Gasteiger partial charge in [0.15, 0.2) is 0 Å². The molecule has 0 aromatic heterocycles. The van der Waals surface area contributed by atoms with Gasteiger partial charge in [-0.3, -0.25) is 4.79 Å². The van der Waals surface area contributed by atoms with E-state index in [4.69, 9.17) is 4.74 Å². The Labute approximate surface area is 176 Å². The van der Waals surface area contributed by atoms with E-state index in [1.165, 1.54) is 0 Å². The molecule has 2 aliphatic rings. The number of methoxy groups -OCH3 is 1. The smallest absolute Gasteiger partial charge is 0.319 e. The molecule has 3 atom stereocenters. The van der Waals surface area contributed by atoms with Crippen molar-refractivity contribution in [3.8, 4) is 5.75 Å². The van der Waals surface area contributed by atoms with Crippen LogP contribution in [0.3, 0.4) is 0 Å². The highest BCUT2D eigenvalue weighted by Gasteiger charge is 2.55. The van der Waals surface area contributed by atoms with Gasteiger partial charge in [-0.15, -0.1) is 0 Å². The fraction of sp³-hybridized carbons (Fsp3) is 0.391. The summed E-state index contributed by atoms with van der Waals surface area (Å²) in [5.41, 5.74) is 2.57. The zero-order valence-electron chi connectivity index (χ0n) is 17.0. The average molecular weight is 409 g/mol. The van der Waals surface area contributed by atoms with E-state index in [2.05, 4.69) is 10.6 Å². The number of piperidine rings is 1. The lowest BCUT2D eigenvalue weighted by molar-refractivity contribution is -0.130. The second kappa shape index (κ2) is 8.75. The minimum atomic E-state index is -0.288. The number of aliphatic hydroxyl groups excluding tert-OH is 1. The number of aliphatic hydroxyl groups is 1. The van der Waals surface area contributed by atoms with Crippen molar-refractivity contribution >= 4 is 17.6 Å². The molecule has 7 heteroatoms. The summed E-state index contributed by atoms with van der Waals surface area (Å²) in [6.07, 6.45) is 0.354. The molecule has 1 aliphatic heterocycles. The molecule has 1 aliphatic carbocycles. The number of amides is 3. The van der Waals surface area contributed by atoms with Gasteiger partial charge in [-0.2, -0.15) is 0 Å². The van der Waals surface area contributed by atoms with Gasteiger partial charge in [0.2, 0.25) is 5.91 Å². The maximum absolute atomic E-state index is 12.5. The summed E-state index contributed by atoms with van der Waals surface area (Å²) in [6.45, 7) is 2.18. The summed E-state index contributed by atoms with van der Waals surface area (Å²) < 4.78 is 5.12. The second-order valence-electron chi connectivity index (χ2n) is 8.00. The first-order valence-corrected chi connectivity index (χ1v) is 10.2. The van der Waals surface area contributed by atoms with Gasteiger partial charge in [0, 0.05) is 31.9 Å². The first-order valence-electron chi connectivity index (χ1n) is 10.2. The lowest BCUT2D eigenvalue weighted by atomic mass is 10.1. The standard InChI is InChI=1S/C23H27N3O4/c1-30-18-8-4-16(5-9-18)11-24-23(29)25-17-6-2-15(3-7-17)10-22(28)26-12-19-20(13-26)21(19)14-27/h2-9,19-21,27H,10-14H2,1H3,(H2,24,25,29)/t19-,20+,21+. The van der Waals surface area contributed by atoms with Gasteiger partial charge in [-0.05, 0) is 53.1 Å². The monoisotopic (exact) mass is 409 g/mol. The summed E-state index contributed by atoms with van der Waals surface area (Å²) in [6, 6.07) is 14.6. The fourth-order valence-electron chi connectivity index (χ4n) is 4.22. The maximum atomic E-state index is 12.5. The minimum Gasteiger partial charge on any atom is -0.497 e. The normalized spacial score (nSPS) is 21.7. The quantitative estimate of drug-likeness (QED) is 0.654. The van der Waals surface area contributed by atoms with Crippen molar-refractivity contribution in [1.29, 1.82) is 0 Å². The van der Waals surface area contributed by atoms with E-state index in [0.29, 0.717) is 36.4 Å². The van der Waals surface area contributed by atoms with Crippen LogP contribution in [0.15, 0.2) is 48.5 Å². The van der Waals surface area contributed by atoms with Gasteiger partial charge in [-0.25, -0.2) is 4.79 Å². The number of fused-ring (bicyclic) bond motifs is 1. The topological polar surface area (TPSA) is 90.9 Å². The number of urea groups is 1. The van der Waals surface area contributed by atoms with Crippen LogP contribution in [0.25, 0.3) is 0 Å². The molecule has 0 bridgehead atoms. The second-order valence-corrected chi connectivity index (χ2v) is 8.00. The number of carbonyl (C=O) groups is 2. The molecule has 0 radical (unpaired) electrons. The third kappa shape index (κ3) is 4.57. The molecule has 1 saturated heterocycles. The number of benzene rings is 2. The number of likely N-dealkylation sites (tertiary alicyclic amines) is 1. The zero-order valence-corrected chi connectivity index (χ0v) is 17.0. The summed E-state index contributed by atoms with van der Waals surface area (Å²) in [5, 5.41) is 14.8. The van der Waals surface area contributed by atoms with Crippen molar-refractivity contribution < 1.29 is 19.4 Å². The SMILES string of the molecule is COc1ccc(CNC(=O)Nc2ccc(CC(=O)N3C[C@@H]4[C@@H](CO)[C@@H]4C3)cc2)cc1. The van der Waals surface area contributed by atoms with Crippen molar-refractivity contribution in [3.05, 3.63) is 59.7 Å². The Morgan fingerprint density at radius 2 is 1.67 bits per heavy atom. The molecule has 158 valence electrons. The van der Waals surface area contributed by atoms with E-state index in [1.807, 2.05) is 41.3 Å². The molecule has 0 unspecified atom stereocenters. The number of ether oxygens (including phenoxy) is 1. The zero-order chi connectivity index (χ0) is 21.1. The van der Waals surface area contributed by atoms with E-state index < -0.39 is 0 Å². The highest BCUT2D eigenvalue weighted by Crippen LogP contribution is 2.51. The predicted octanol–water partition coefficient (Wildman–Crippen LogP) is 2.26. The Hall–Kier alpha value is -3.06. The third-order valence-electron chi connectivity index (χ3n) is 6.11. The number of nitrogens with zero attached hydrogens (tertiary/aromatic N) is 1. The van der Waals surface area contributed by atoms with Gasteiger partial charge in [0.05, 0.1) is 13.5 Å². The van der Waals surface area contributed by atoms with E-state index in [1.54, 1.807) is 19.2 Å². The van der Waals surface area contributed by atoms with Crippen LogP contribution in [-0.2, 0) is 17.8 Å². The molecular formula is C23H27N3O4. The third-order valence-corrected chi connectivity index (χ3v) is 6.11. The Morgan fingerprint density at radius 3 is 2.27 bits per heavy atom. The van der Waals surface area contributed by atoms with Crippen molar-refractivity contribution in [2.45, 2.75) is 13.0 Å². The molecule has 30 heavy (non-hydrogen) atoms. The molecular weight excluding hydrogens is 382 g/mol. The maximum Gasteiger partial charge on any atom is 0.319 e. The van der Waals surface area contributed by atoms with Gasteiger partial charge in [0.1, 0.15) is 5.75 Å². The number of nitrogens with one attached hydrogen (secondary N) is 2. The molecule has 2 aromatic rings. The highest BCUT2D eigenvalue weighted by atomic mass is 16.5. The van der Waals surface area contributed by atoms with Crippen LogP contribution in [0.2, 0.25) is 0 Å². The molecule has 1 heterocycles. The Morgan fingerprint density at radius 1 is 1.03 bits per heavy atom. The average Bonchev–Trinajstić information content (AvgIpc) is 3.24. The van der Waals surface area contributed by atoms with Crippen LogP contribution in [-0.4, -0.2) is 48.8 Å². The van der Waals surface area contributed by atoms with Crippen LogP contribution in [0.4, 0.5) is 10.5 Å². The van der Waals surface area contributed by atoms with E-state index in [-0.39, 0.29) is 18.5 Å². The molecule has 2 fully saturated rings. The van der Waals surface area contributed by atoms with Crippen LogP contribution < -0.4 is 15.4 Å². The van der Waals surface area contributed by atoms with E-state index in [0.717, 1.165) is 30.0 Å². The molecule has 0 spiro atoms. The molecule has 2 aromatic carbocycles.